The first-order valence-corrected chi connectivity index (χ1v) is 4.78. The number of nitrogen functional groups attached to an aromatic ring is 1. The number of hydrogen-bond acceptors (Lipinski definition) is 5. The lowest BCUT2D eigenvalue weighted by Crippen LogP contribution is -2.33. The van der Waals surface area contributed by atoms with E-state index in [1.54, 1.807) is 0 Å². The lowest BCUT2D eigenvalue weighted by molar-refractivity contribution is -0.141. The van der Waals surface area contributed by atoms with Crippen molar-refractivity contribution in [2.24, 2.45) is 5.73 Å². The van der Waals surface area contributed by atoms with E-state index in [2.05, 4.69) is 20.6 Å². The average molecular weight is 264 g/mol. The van der Waals surface area contributed by atoms with E-state index < -0.39 is 23.8 Å². The summed E-state index contributed by atoms with van der Waals surface area (Å²) in [6.45, 7) is 0.289. The molecule has 0 unspecified atom stereocenters. The van der Waals surface area contributed by atoms with E-state index >= 15 is 0 Å². The highest BCUT2D eigenvalue weighted by molar-refractivity contribution is 5.71. The molecule has 2 amide bonds. The van der Waals surface area contributed by atoms with Crippen molar-refractivity contribution in [1.29, 1.82) is 0 Å². The third kappa shape index (κ3) is 4.31. The van der Waals surface area contributed by atoms with E-state index in [0.29, 0.717) is 0 Å². The van der Waals surface area contributed by atoms with Crippen molar-refractivity contribution in [2.75, 3.05) is 24.1 Å². The van der Waals surface area contributed by atoms with E-state index in [-0.39, 0.29) is 18.9 Å². The van der Waals surface area contributed by atoms with Gasteiger partial charge in [-0.05, 0) is 0 Å². The number of hydrogen-bond donors (Lipinski definition) is 4. The molecule has 0 spiro atoms. The van der Waals surface area contributed by atoms with Gasteiger partial charge in [0.15, 0.2) is 5.69 Å². The molecule has 0 saturated carbocycles. The molecular weight excluding hydrogens is 253 g/mol. The largest absolute Gasteiger partial charge is 0.433 e. The molecule has 7 nitrogen and oxygen atoms in total. The normalized spacial score (nSPS) is 11.1. The van der Waals surface area contributed by atoms with Crippen LogP contribution in [-0.2, 0) is 6.18 Å². The predicted molar refractivity (Wildman–Crippen MR) is 57.5 cm³/mol. The molecule has 0 saturated heterocycles. The summed E-state index contributed by atoms with van der Waals surface area (Å²) in [6, 6.07) is -0.00402. The van der Waals surface area contributed by atoms with Crippen LogP contribution in [0, 0.1) is 0 Å². The van der Waals surface area contributed by atoms with E-state index in [1.165, 1.54) is 0 Å². The fraction of sp³-hybridized carbons (Fsp3) is 0.375. The Bertz CT molecular complexity index is 435. The lowest BCUT2D eigenvalue weighted by Gasteiger charge is -2.10. The van der Waals surface area contributed by atoms with Crippen molar-refractivity contribution in [2.45, 2.75) is 6.18 Å². The van der Waals surface area contributed by atoms with Crippen molar-refractivity contribution in [1.82, 2.24) is 15.3 Å². The minimum atomic E-state index is -4.60. The molecule has 1 aromatic heterocycles. The number of carbonyl (C=O) groups excluding carboxylic acids is 1. The number of primary amides is 1. The van der Waals surface area contributed by atoms with Crippen LogP contribution in [0.4, 0.5) is 29.7 Å². The zero-order chi connectivity index (χ0) is 13.8. The Morgan fingerprint density at radius 3 is 2.56 bits per heavy atom. The van der Waals surface area contributed by atoms with E-state index in [1.807, 2.05) is 0 Å². The van der Waals surface area contributed by atoms with Crippen LogP contribution < -0.4 is 22.1 Å². The van der Waals surface area contributed by atoms with Crippen LogP contribution in [0.15, 0.2) is 6.07 Å². The molecule has 0 aliphatic carbocycles. The summed E-state index contributed by atoms with van der Waals surface area (Å²) in [4.78, 5) is 17.0. The van der Waals surface area contributed by atoms with Crippen molar-refractivity contribution in [3.8, 4) is 0 Å². The van der Waals surface area contributed by atoms with E-state index in [4.69, 9.17) is 11.5 Å². The fourth-order valence-corrected chi connectivity index (χ4v) is 1.08. The summed E-state index contributed by atoms with van der Waals surface area (Å²) < 4.78 is 37.2. The summed E-state index contributed by atoms with van der Waals surface area (Å²) in [6.07, 6.45) is -4.60. The molecular formula is C8H11F3N6O. The van der Waals surface area contributed by atoms with Gasteiger partial charge >= 0.3 is 12.2 Å². The van der Waals surface area contributed by atoms with Gasteiger partial charge in [0.05, 0.1) is 0 Å². The molecule has 18 heavy (non-hydrogen) atoms. The number of nitrogens with two attached hydrogens (primary N) is 2. The van der Waals surface area contributed by atoms with Crippen LogP contribution in [0.25, 0.3) is 0 Å². The maximum Gasteiger partial charge on any atom is 0.433 e. The third-order valence-corrected chi connectivity index (χ3v) is 1.76. The summed E-state index contributed by atoms with van der Waals surface area (Å²) in [5, 5.41) is 4.81. The van der Waals surface area contributed by atoms with E-state index in [9.17, 15) is 18.0 Å². The molecule has 0 aliphatic heterocycles. The highest BCUT2D eigenvalue weighted by atomic mass is 19.4. The topological polar surface area (TPSA) is 119 Å². The highest BCUT2D eigenvalue weighted by Crippen LogP contribution is 2.29. The number of rotatable bonds is 4. The Morgan fingerprint density at radius 1 is 1.33 bits per heavy atom. The van der Waals surface area contributed by atoms with Gasteiger partial charge in [-0.15, -0.1) is 0 Å². The Morgan fingerprint density at radius 2 is 2.00 bits per heavy atom. The molecule has 100 valence electrons. The Balaban J connectivity index is 2.66. The third-order valence-electron chi connectivity index (χ3n) is 1.76. The summed E-state index contributed by atoms with van der Waals surface area (Å²) in [5.41, 5.74) is 8.82. The second kappa shape index (κ2) is 5.38. The molecule has 0 aromatic carbocycles. The highest BCUT2D eigenvalue weighted by Gasteiger charge is 2.33. The second-order valence-corrected chi connectivity index (χ2v) is 3.21. The quantitative estimate of drug-likeness (QED) is 0.577. The SMILES string of the molecule is NC(=O)NCCNc1cc(C(F)(F)F)nc(N)n1. The monoisotopic (exact) mass is 264 g/mol. The molecule has 0 aliphatic rings. The van der Waals surface area contributed by atoms with Crippen LogP contribution in [0.3, 0.4) is 0 Å². The first-order valence-electron chi connectivity index (χ1n) is 4.78. The summed E-state index contributed by atoms with van der Waals surface area (Å²) in [5.74, 6) is -0.573. The molecule has 0 atom stereocenters. The zero-order valence-corrected chi connectivity index (χ0v) is 9.08. The van der Waals surface area contributed by atoms with Crippen molar-refractivity contribution < 1.29 is 18.0 Å². The first-order chi connectivity index (χ1) is 8.29. The van der Waals surface area contributed by atoms with Gasteiger partial charge in [-0.25, -0.2) is 9.78 Å². The Labute approximate surface area is 99.8 Å². The maximum absolute atomic E-state index is 12.4. The van der Waals surface area contributed by atoms with Gasteiger partial charge in [0.1, 0.15) is 5.82 Å². The van der Waals surface area contributed by atoms with Crippen molar-refractivity contribution in [3.63, 3.8) is 0 Å². The van der Waals surface area contributed by atoms with Gasteiger partial charge in [0.2, 0.25) is 5.95 Å². The number of urea groups is 1. The molecule has 0 bridgehead atoms. The zero-order valence-electron chi connectivity index (χ0n) is 9.08. The predicted octanol–water partition coefficient (Wildman–Crippen LogP) is 0.158. The van der Waals surface area contributed by atoms with Crippen LogP contribution in [0.2, 0.25) is 0 Å². The van der Waals surface area contributed by atoms with Crippen molar-refractivity contribution in [3.05, 3.63) is 11.8 Å². The number of halogens is 3. The van der Waals surface area contributed by atoms with Crippen LogP contribution in [0.1, 0.15) is 5.69 Å². The minimum absolute atomic E-state index is 0.0823. The Kier molecular flexibility index (Phi) is 4.13. The molecule has 6 N–H and O–H groups in total. The summed E-state index contributed by atoms with van der Waals surface area (Å²) in [7, 11) is 0. The average Bonchev–Trinajstić information content (AvgIpc) is 2.22. The number of anilines is 2. The number of carbonyl (C=O) groups is 1. The Hall–Kier alpha value is -2.26. The van der Waals surface area contributed by atoms with Crippen LogP contribution >= 0.6 is 0 Å². The number of aromatic nitrogens is 2. The van der Waals surface area contributed by atoms with Crippen molar-refractivity contribution >= 4 is 17.8 Å². The molecule has 0 fully saturated rings. The minimum Gasteiger partial charge on any atom is -0.368 e. The second-order valence-electron chi connectivity index (χ2n) is 3.21. The maximum atomic E-state index is 12.4. The number of nitrogens with zero attached hydrogens (tertiary/aromatic N) is 2. The van der Waals surface area contributed by atoms with Gasteiger partial charge < -0.3 is 22.1 Å². The summed E-state index contributed by atoms with van der Waals surface area (Å²) >= 11 is 0. The van der Waals surface area contributed by atoms with Gasteiger partial charge in [-0.2, -0.15) is 18.2 Å². The smallest absolute Gasteiger partial charge is 0.368 e. The van der Waals surface area contributed by atoms with Gasteiger partial charge in [0, 0.05) is 19.2 Å². The number of nitrogens with one attached hydrogen (secondary N) is 2. The molecule has 0 radical (unpaired) electrons. The van der Waals surface area contributed by atoms with Crippen LogP contribution in [-0.4, -0.2) is 29.1 Å². The van der Waals surface area contributed by atoms with Gasteiger partial charge in [0.25, 0.3) is 0 Å². The molecule has 10 heteroatoms. The fourth-order valence-electron chi connectivity index (χ4n) is 1.08. The first kappa shape index (κ1) is 13.8. The lowest BCUT2D eigenvalue weighted by atomic mass is 10.3. The standard InChI is InChI=1S/C8H11F3N6O/c9-8(10,11)4-3-5(17-6(12)16-4)14-1-2-15-7(13)18/h3H,1-2H2,(H3,13,15,18)(H3,12,14,16,17). The number of amides is 2. The molecule has 1 rings (SSSR count). The van der Waals surface area contributed by atoms with Crippen LogP contribution in [0.5, 0.6) is 0 Å². The van der Waals surface area contributed by atoms with E-state index in [0.717, 1.165) is 6.07 Å². The number of alkyl halides is 3. The van der Waals surface area contributed by atoms with Gasteiger partial charge in [-0.1, -0.05) is 0 Å². The molecule has 1 aromatic rings. The molecule has 1 heterocycles. The van der Waals surface area contributed by atoms with Gasteiger partial charge in [-0.3, -0.25) is 0 Å².